The highest BCUT2D eigenvalue weighted by atomic mass is 16.6. The van der Waals surface area contributed by atoms with Crippen molar-refractivity contribution in [1.82, 2.24) is 0 Å². The minimum Gasteiger partial charge on any atom is -0.462 e. The van der Waals surface area contributed by atoms with Crippen LogP contribution in [0.1, 0.15) is 226 Å². The van der Waals surface area contributed by atoms with Gasteiger partial charge in [0.2, 0.25) is 0 Å². The van der Waals surface area contributed by atoms with Gasteiger partial charge in [0.15, 0.2) is 6.10 Å². The molecule has 0 aliphatic heterocycles. The second-order valence-corrected chi connectivity index (χ2v) is 17.7. The molecule has 1 unspecified atom stereocenters. The van der Waals surface area contributed by atoms with E-state index in [-0.39, 0.29) is 31.1 Å². The number of hydrogen-bond acceptors (Lipinski definition) is 6. The van der Waals surface area contributed by atoms with E-state index in [0.29, 0.717) is 25.7 Å². The summed E-state index contributed by atoms with van der Waals surface area (Å²) in [6, 6.07) is 0. The number of unbranched alkanes of at least 4 members (excludes halogenated alkanes) is 15. The molecule has 0 aromatic heterocycles. The molecule has 1 atom stereocenters. The van der Waals surface area contributed by atoms with E-state index in [1.165, 1.54) is 25.7 Å². The summed E-state index contributed by atoms with van der Waals surface area (Å²) in [6.07, 6.45) is 78.6. The first kappa shape index (κ1) is 64.5. The lowest BCUT2D eigenvalue weighted by atomic mass is 10.1. The Labute approximate surface area is 424 Å². The Morgan fingerprint density at radius 1 is 0.304 bits per heavy atom. The van der Waals surface area contributed by atoms with Gasteiger partial charge < -0.3 is 14.2 Å². The smallest absolute Gasteiger partial charge is 0.306 e. The van der Waals surface area contributed by atoms with Gasteiger partial charge in [-0.1, -0.05) is 206 Å². The molecule has 0 N–H and O–H groups in total. The largest absolute Gasteiger partial charge is 0.462 e. The molecule has 0 spiro atoms. The molecule has 0 saturated heterocycles. The Balaban J connectivity index is 4.53. The zero-order valence-electron chi connectivity index (χ0n) is 44.3. The molecule has 0 saturated carbocycles. The summed E-state index contributed by atoms with van der Waals surface area (Å²) in [5, 5.41) is 0. The molecule has 69 heavy (non-hydrogen) atoms. The summed E-state index contributed by atoms with van der Waals surface area (Å²) in [7, 11) is 0. The Hall–Kier alpha value is -4.45. The topological polar surface area (TPSA) is 78.9 Å². The van der Waals surface area contributed by atoms with Gasteiger partial charge in [0, 0.05) is 19.3 Å². The zero-order chi connectivity index (χ0) is 50.0. The minimum absolute atomic E-state index is 0.111. The molecular formula is C63H100O6. The van der Waals surface area contributed by atoms with Crippen molar-refractivity contribution >= 4 is 17.9 Å². The van der Waals surface area contributed by atoms with Crippen molar-refractivity contribution in [2.45, 2.75) is 232 Å². The molecule has 0 heterocycles. The average molecular weight is 953 g/mol. The highest BCUT2D eigenvalue weighted by molar-refractivity contribution is 5.71. The third-order valence-electron chi connectivity index (χ3n) is 11.1. The van der Waals surface area contributed by atoms with Crippen molar-refractivity contribution in [3.63, 3.8) is 0 Å². The molecule has 0 aromatic rings. The maximum Gasteiger partial charge on any atom is 0.306 e. The van der Waals surface area contributed by atoms with E-state index in [0.717, 1.165) is 154 Å². The first-order chi connectivity index (χ1) is 34.0. The molecule has 0 rings (SSSR count). The van der Waals surface area contributed by atoms with Gasteiger partial charge in [-0.05, 0) is 135 Å². The van der Waals surface area contributed by atoms with Crippen LogP contribution < -0.4 is 0 Å². The van der Waals surface area contributed by atoms with Crippen LogP contribution in [0, 0.1) is 0 Å². The van der Waals surface area contributed by atoms with Gasteiger partial charge in [0.25, 0.3) is 0 Å². The van der Waals surface area contributed by atoms with Crippen molar-refractivity contribution in [3.05, 3.63) is 134 Å². The summed E-state index contributed by atoms with van der Waals surface area (Å²) in [4.78, 5) is 38.1. The molecule has 0 amide bonds. The standard InChI is InChI=1S/C63H100O6/c1-4-7-10-13-16-19-22-25-28-29-30-31-32-33-36-38-41-44-47-50-53-56-62(65)68-59-60(69-63(66)57-54-51-48-45-42-39-35-27-24-21-18-15-12-9-6-3)58-67-61(64)55-52-49-46-43-40-37-34-26-23-20-17-14-11-8-5-2/h7,9-10,12,16-21,25-28,30-31,33-36,41,44,60H,4-6,8,11,13-15,22-24,29,32,37-40,42-43,45-59H2,1-3H3/b10-7-,12-9-,19-16-,20-17-,21-18-,28-25-,31-30-,34-26-,35-27-,36-33-,44-41-. The highest BCUT2D eigenvalue weighted by Gasteiger charge is 2.19. The van der Waals surface area contributed by atoms with Crippen LogP contribution in [0.4, 0.5) is 0 Å². The van der Waals surface area contributed by atoms with Crippen LogP contribution in [0.15, 0.2) is 134 Å². The summed E-state index contributed by atoms with van der Waals surface area (Å²) in [5.41, 5.74) is 0. The van der Waals surface area contributed by atoms with E-state index in [4.69, 9.17) is 14.2 Å². The van der Waals surface area contributed by atoms with Gasteiger partial charge in [-0.25, -0.2) is 0 Å². The molecule has 0 aliphatic rings. The van der Waals surface area contributed by atoms with Crippen molar-refractivity contribution in [2.24, 2.45) is 0 Å². The second-order valence-electron chi connectivity index (χ2n) is 17.7. The van der Waals surface area contributed by atoms with Gasteiger partial charge in [-0.2, -0.15) is 0 Å². The van der Waals surface area contributed by atoms with Crippen molar-refractivity contribution in [2.75, 3.05) is 13.2 Å². The van der Waals surface area contributed by atoms with E-state index in [1.807, 2.05) is 0 Å². The van der Waals surface area contributed by atoms with Gasteiger partial charge in [0.1, 0.15) is 13.2 Å². The SMILES string of the molecule is CC/C=C\C/C=C\C/C=C\C/C=C\C/C=C\C/C=C\CCCCC(=O)OCC(COC(=O)CCCCCCC/C=C\C/C=C\CCCCC)OC(=O)CCCCCCC/C=C\C/C=C\C/C=C\CC. The number of rotatable bonds is 48. The van der Waals surface area contributed by atoms with Crippen LogP contribution in [-0.2, 0) is 28.6 Å². The number of carbonyl (C=O) groups is 3. The third-order valence-corrected chi connectivity index (χ3v) is 11.1. The Kier molecular flexibility index (Phi) is 52.5. The van der Waals surface area contributed by atoms with Gasteiger partial charge in [-0.3, -0.25) is 14.4 Å². The molecule has 0 bridgehead atoms. The number of allylic oxidation sites excluding steroid dienone is 22. The lowest BCUT2D eigenvalue weighted by Gasteiger charge is -2.18. The van der Waals surface area contributed by atoms with Crippen molar-refractivity contribution in [3.8, 4) is 0 Å². The lowest BCUT2D eigenvalue weighted by Crippen LogP contribution is -2.30. The predicted octanol–water partition coefficient (Wildman–Crippen LogP) is 18.6. The number of hydrogen-bond donors (Lipinski definition) is 0. The van der Waals surface area contributed by atoms with Crippen LogP contribution in [0.25, 0.3) is 0 Å². The monoisotopic (exact) mass is 953 g/mol. The van der Waals surface area contributed by atoms with E-state index < -0.39 is 6.10 Å². The molecule has 6 heteroatoms. The molecule has 0 fully saturated rings. The summed E-state index contributed by atoms with van der Waals surface area (Å²) in [6.45, 7) is 6.31. The fourth-order valence-corrected chi connectivity index (χ4v) is 7.02. The maximum absolute atomic E-state index is 12.8. The van der Waals surface area contributed by atoms with Gasteiger partial charge in [0.05, 0.1) is 0 Å². The van der Waals surface area contributed by atoms with E-state index in [2.05, 4.69) is 154 Å². The van der Waals surface area contributed by atoms with E-state index in [1.54, 1.807) is 0 Å². The number of ether oxygens (including phenoxy) is 3. The molecule has 0 aliphatic carbocycles. The van der Waals surface area contributed by atoms with Crippen LogP contribution in [0.5, 0.6) is 0 Å². The summed E-state index contributed by atoms with van der Waals surface area (Å²) in [5.74, 6) is -0.992. The van der Waals surface area contributed by atoms with Gasteiger partial charge >= 0.3 is 17.9 Å². The van der Waals surface area contributed by atoms with Gasteiger partial charge in [-0.15, -0.1) is 0 Å². The zero-order valence-corrected chi connectivity index (χ0v) is 44.3. The quantitative estimate of drug-likeness (QED) is 0.0262. The highest BCUT2D eigenvalue weighted by Crippen LogP contribution is 2.13. The van der Waals surface area contributed by atoms with Crippen LogP contribution >= 0.6 is 0 Å². The van der Waals surface area contributed by atoms with E-state index in [9.17, 15) is 14.4 Å². The molecular weight excluding hydrogens is 853 g/mol. The van der Waals surface area contributed by atoms with E-state index >= 15 is 0 Å². The van der Waals surface area contributed by atoms with Crippen LogP contribution in [0.2, 0.25) is 0 Å². The summed E-state index contributed by atoms with van der Waals surface area (Å²) >= 11 is 0. The first-order valence-electron chi connectivity index (χ1n) is 27.7. The Morgan fingerprint density at radius 3 is 0.913 bits per heavy atom. The van der Waals surface area contributed by atoms with Crippen molar-refractivity contribution < 1.29 is 28.6 Å². The van der Waals surface area contributed by atoms with Crippen molar-refractivity contribution in [1.29, 1.82) is 0 Å². The predicted molar refractivity (Wildman–Crippen MR) is 297 cm³/mol. The van der Waals surface area contributed by atoms with Crippen LogP contribution in [-0.4, -0.2) is 37.2 Å². The molecule has 0 radical (unpaired) electrons. The number of esters is 3. The maximum atomic E-state index is 12.8. The molecule has 388 valence electrons. The van der Waals surface area contributed by atoms with Crippen LogP contribution in [0.3, 0.4) is 0 Å². The fourth-order valence-electron chi connectivity index (χ4n) is 7.02. The normalized spacial score (nSPS) is 13.1. The summed E-state index contributed by atoms with van der Waals surface area (Å²) < 4.78 is 16.8. The third kappa shape index (κ3) is 54.4. The average Bonchev–Trinajstić information content (AvgIpc) is 3.35. The molecule has 6 nitrogen and oxygen atoms in total. The minimum atomic E-state index is -0.816. The molecule has 0 aromatic carbocycles. The lowest BCUT2D eigenvalue weighted by molar-refractivity contribution is -0.167. The fraction of sp³-hybridized carbons (Fsp3) is 0.603. The Bertz CT molecular complexity index is 1510. The number of carbonyl (C=O) groups excluding carboxylic acids is 3. The Morgan fingerprint density at radius 2 is 0.565 bits per heavy atom. The second kappa shape index (κ2) is 56.1. The first-order valence-corrected chi connectivity index (χ1v) is 27.7.